The van der Waals surface area contributed by atoms with Crippen LogP contribution in [0, 0.1) is 30.4 Å². The Morgan fingerprint density at radius 2 is 1.76 bits per heavy atom. The van der Waals surface area contributed by atoms with Gasteiger partial charge in [-0.15, -0.1) is 4.98 Å². The first-order chi connectivity index (χ1) is 19.5. The normalized spacial score (nSPS) is 23.3. The summed E-state index contributed by atoms with van der Waals surface area (Å²) in [6.45, 7) is 8.26. The summed E-state index contributed by atoms with van der Waals surface area (Å²) >= 11 is 0. The van der Waals surface area contributed by atoms with Crippen molar-refractivity contribution in [3.63, 3.8) is 0 Å². The molecule has 1 N–H and O–H groups in total. The molecule has 1 spiro atoms. The Morgan fingerprint density at radius 1 is 1.07 bits per heavy atom. The predicted octanol–water partition coefficient (Wildman–Crippen LogP) is 4.36. The van der Waals surface area contributed by atoms with Gasteiger partial charge in [-0.05, 0) is 86.6 Å². The number of fused-ring (bicyclic) bond motifs is 4. The monoisotopic (exact) mass is 576 g/mol. The highest BCUT2D eigenvalue weighted by Gasteiger charge is 2.56. The van der Waals surface area contributed by atoms with Crippen LogP contribution in [-0.4, -0.2) is 47.9 Å². The van der Waals surface area contributed by atoms with E-state index in [1.807, 2.05) is 36.9 Å². The van der Waals surface area contributed by atoms with Crippen molar-refractivity contribution in [2.45, 2.75) is 76.8 Å². The lowest BCUT2D eigenvalue weighted by Crippen LogP contribution is -3.04. The lowest BCUT2D eigenvalue weighted by atomic mass is 9.75. The van der Waals surface area contributed by atoms with Crippen molar-refractivity contribution in [1.29, 1.82) is 0 Å². The molecular weight excluding hydrogens is 540 g/mol. The summed E-state index contributed by atoms with van der Waals surface area (Å²) in [5, 5.41) is 13.5. The van der Waals surface area contributed by atoms with Crippen molar-refractivity contribution in [2.75, 3.05) is 6.61 Å². The molecule has 10 heteroatoms. The highest BCUT2D eigenvalue weighted by Crippen LogP contribution is 2.62. The van der Waals surface area contributed by atoms with Gasteiger partial charge < -0.3 is 14.8 Å². The summed E-state index contributed by atoms with van der Waals surface area (Å²) in [7, 11) is -4.54. The van der Waals surface area contributed by atoms with Gasteiger partial charge in [-0.1, -0.05) is 38.1 Å². The number of carbonyl (C=O) groups excluding carboxylic acids is 1. The van der Waals surface area contributed by atoms with Crippen LogP contribution >= 0.6 is 0 Å². The number of benzene rings is 2. The Bertz CT molecular complexity index is 1590. The number of ether oxygens (including phenoxy) is 1. The Kier molecular flexibility index (Phi) is 6.91. The van der Waals surface area contributed by atoms with Crippen LogP contribution < -0.4 is 9.21 Å². The molecule has 0 radical (unpaired) electrons. The minimum Gasteiger partial charge on any atom is -0.610 e. The van der Waals surface area contributed by atoms with Crippen molar-refractivity contribution < 1.29 is 22.4 Å². The molecule has 6 rings (SSSR count). The maximum atomic E-state index is 14.1. The molecule has 216 valence electrons. The predicted molar refractivity (Wildman–Crippen MR) is 154 cm³/mol. The third-order valence-electron chi connectivity index (χ3n) is 8.74. The molecule has 2 aliphatic carbocycles. The quantitative estimate of drug-likeness (QED) is 0.459. The molecule has 4 bridgehead atoms. The molecule has 3 aliphatic rings. The first kappa shape index (κ1) is 27.8. The molecular formula is C31H36N4O5S. The van der Waals surface area contributed by atoms with Gasteiger partial charge in [0, 0.05) is 23.2 Å². The van der Waals surface area contributed by atoms with Crippen LogP contribution in [-0.2, 0) is 10.0 Å². The largest absolute Gasteiger partial charge is 0.610 e. The lowest BCUT2D eigenvalue weighted by molar-refractivity contribution is -0.632. The van der Waals surface area contributed by atoms with Gasteiger partial charge in [0.1, 0.15) is 11.5 Å². The number of nitrogens with one attached hydrogen (secondary N) is 1. The molecule has 2 heterocycles. The second kappa shape index (κ2) is 10.2. The number of amides is 1. The summed E-state index contributed by atoms with van der Waals surface area (Å²) in [5.74, 6) is -0.305. The number of hydrogen-bond donors (Lipinski definition) is 1. The Morgan fingerprint density at radius 3 is 2.41 bits per heavy atom. The number of aryl methyl sites for hydroxylation is 2. The van der Waals surface area contributed by atoms with Gasteiger partial charge in [0.25, 0.3) is 5.91 Å². The lowest BCUT2D eigenvalue weighted by Gasteiger charge is -2.47. The summed E-state index contributed by atoms with van der Waals surface area (Å²) in [6, 6.07) is 13.0. The SMILES string of the molecule is Cc1cccc(C)c1-c1cc2nc(n1)[NH+]([O-])S(=O)(=O)c1cccc(c1)C(=O)N(C1CC3(CC3)C1)[C@H](CC(C)C)CO2. The number of hydrogen-bond acceptors (Lipinski definition) is 7. The van der Waals surface area contributed by atoms with Crippen LogP contribution in [0.4, 0.5) is 5.95 Å². The van der Waals surface area contributed by atoms with Crippen molar-refractivity contribution in [3.8, 4) is 17.1 Å². The summed E-state index contributed by atoms with van der Waals surface area (Å²) in [4.78, 5) is 24.5. The Labute approximate surface area is 241 Å². The van der Waals surface area contributed by atoms with Gasteiger partial charge in [-0.2, -0.15) is 17.9 Å². The van der Waals surface area contributed by atoms with E-state index >= 15 is 0 Å². The second-order valence-corrected chi connectivity index (χ2v) is 14.2. The maximum Gasteiger partial charge on any atom is 0.347 e. The van der Waals surface area contributed by atoms with E-state index in [0.29, 0.717) is 17.5 Å². The van der Waals surface area contributed by atoms with E-state index in [1.165, 1.54) is 31.0 Å². The zero-order valence-corrected chi connectivity index (χ0v) is 24.7. The summed E-state index contributed by atoms with van der Waals surface area (Å²) < 4.78 is 32.2. The first-order valence-corrected chi connectivity index (χ1v) is 15.8. The second-order valence-electron chi connectivity index (χ2n) is 12.4. The standard InChI is InChI=1S/C31H36N4O5S/c1-19(2)13-23-18-40-27-15-26(28-20(3)7-5-8-21(28)4)32-30(33-27)35(37)41(38,39)25-10-6-9-22(14-25)29(36)34(23)24-16-31(17-24)11-12-31/h5-10,14-15,19,23-24,35H,11-13,16-18H2,1-4H3/t23-/m1/s1. The van der Waals surface area contributed by atoms with E-state index in [-0.39, 0.29) is 46.9 Å². The van der Waals surface area contributed by atoms with Gasteiger partial charge >= 0.3 is 16.0 Å². The average Bonchev–Trinajstić information content (AvgIpc) is 3.71. The summed E-state index contributed by atoms with van der Waals surface area (Å²) in [5.41, 5.74) is 3.65. The topological polar surface area (TPSA) is 117 Å². The number of aromatic nitrogens is 2. The van der Waals surface area contributed by atoms with Crippen LogP contribution in [0.5, 0.6) is 5.88 Å². The molecule has 0 saturated heterocycles. The van der Waals surface area contributed by atoms with Gasteiger partial charge in [-0.25, -0.2) is 0 Å². The van der Waals surface area contributed by atoms with Crippen LogP contribution in [0.25, 0.3) is 11.3 Å². The fourth-order valence-electron chi connectivity index (χ4n) is 6.45. The molecule has 2 atom stereocenters. The molecule has 1 aromatic heterocycles. The van der Waals surface area contributed by atoms with Gasteiger partial charge in [0.2, 0.25) is 5.88 Å². The minimum atomic E-state index is -4.54. The zero-order valence-electron chi connectivity index (χ0n) is 23.9. The molecule has 1 aliphatic heterocycles. The van der Waals surface area contributed by atoms with E-state index in [0.717, 1.165) is 29.5 Å². The molecule has 2 fully saturated rings. The van der Waals surface area contributed by atoms with Gasteiger partial charge in [0.05, 0.1) is 11.7 Å². The van der Waals surface area contributed by atoms with Crippen molar-refractivity contribution in [3.05, 3.63) is 70.4 Å². The molecule has 1 amide bonds. The number of rotatable bonds is 4. The number of carbonyl (C=O) groups is 1. The van der Waals surface area contributed by atoms with E-state index in [9.17, 15) is 18.4 Å². The molecule has 9 nitrogen and oxygen atoms in total. The molecule has 2 aromatic carbocycles. The minimum absolute atomic E-state index is 0.0514. The van der Waals surface area contributed by atoms with Crippen LogP contribution in [0.1, 0.15) is 67.4 Å². The van der Waals surface area contributed by atoms with E-state index < -0.39 is 20.4 Å². The fraction of sp³-hybridized carbons (Fsp3) is 0.452. The van der Waals surface area contributed by atoms with Crippen LogP contribution in [0.15, 0.2) is 53.4 Å². The van der Waals surface area contributed by atoms with Crippen LogP contribution in [0.3, 0.4) is 0 Å². The Hall–Kier alpha value is -3.34. The highest BCUT2D eigenvalue weighted by atomic mass is 32.2. The smallest absolute Gasteiger partial charge is 0.347 e. The van der Waals surface area contributed by atoms with Gasteiger partial charge in [0.15, 0.2) is 0 Å². The van der Waals surface area contributed by atoms with E-state index in [1.54, 1.807) is 12.1 Å². The van der Waals surface area contributed by atoms with Crippen LogP contribution in [0.2, 0.25) is 0 Å². The molecule has 41 heavy (non-hydrogen) atoms. The molecule has 2 saturated carbocycles. The van der Waals surface area contributed by atoms with E-state index in [2.05, 4.69) is 23.8 Å². The maximum absolute atomic E-state index is 14.1. The zero-order chi connectivity index (χ0) is 29.1. The Balaban J connectivity index is 1.51. The van der Waals surface area contributed by atoms with Crippen molar-refractivity contribution in [1.82, 2.24) is 14.9 Å². The van der Waals surface area contributed by atoms with Gasteiger partial charge in [-0.3, -0.25) is 4.79 Å². The highest BCUT2D eigenvalue weighted by molar-refractivity contribution is 7.85. The average molecular weight is 577 g/mol. The summed E-state index contributed by atoms with van der Waals surface area (Å²) in [6.07, 6.45) is 4.97. The molecule has 1 unspecified atom stereocenters. The number of sulfonamides is 1. The van der Waals surface area contributed by atoms with Crippen molar-refractivity contribution in [2.24, 2.45) is 11.3 Å². The van der Waals surface area contributed by atoms with E-state index in [4.69, 9.17) is 4.74 Å². The van der Waals surface area contributed by atoms with Crippen molar-refractivity contribution >= 4 is 21.9 Å². The first-order valence-electron chi connectivity index (χ1n) is 14.3. The third-order valence-corrected chi connectivity index (χ3v) is 10.3. The molecule has 3 aromatic rings. The fourth-order valence-corrected chi connectivity index (χ4v) is 7.53. The number of nitrogens with zero attached hydrogens (tertiary/aromatic N) is 3. The third kappa shape index (κ3) is 5.13. The number of quaternary nitrogens is 1.